The van der Waals surface area contributed by atoms with Crippen LogP contribution in [0.2, 0.25) is 5.02 Å². The van der Waals surface area contributed by atoms with Crippen LogP contribution < -0.4 is 9.80 Å². The maximum atomic E-state index is 10.6. The van der Waals surface area contributed by atoms with Gasteiger partial charge in [0.25, 0.3) is 0 Å². The first-order valence-electron chi connectivity index (χ1n) is 11.1. The summed E-state index contributed by atoms with van der Waals surface area (Å²) in [4.78, 5) is 3.85. The van der Waals surface area contributed by atoms with Crippen LogP contribution in [0, 0.1) is 17.8 Å². The van der Waals surface area contributed by atoms with Gasteiger partial charge >= 0.3 is 0 Å². The van der Waals surface area contributed by atoms with Gasteiger partial charge < -0.3 is 19.6 Å². The van der Waals surface area contributed by atoms with Crippen molar-refractivity contribution in [2.45, 2.75) is 52.2 Å². The van der Waals surface area contributed by atoms with Crippen molar-refractivity contribution in [2.24, 2.45) is 17.8 Å². The van der Waals surface area contributed by atoms with Crippen LogP contribution in [0.25, 0.3) is 0 Å². The molecule has 158 valence electrons. The third kappa shape index (κ3) is 6.09. The second-order valence-electron chi connectivity index (χ2n) is 9.27. The van der Waals surface area contributed by atoms with Gasteiger partial charge in [-0.05, 0) is 48.8 Å². The second kappa shape index (κ2) is 10.3. The minimum absolute atomic E-state index is 0.313. The third-order valence-corrected chi connectivity index (χ3v) is 6.87. The minimum Gasteiger partial charge on any atom is -0.385 e. The topological polar surface area (TPSA) is 37.1 Å². The van der Waals surface area contributed by atoms with Gasteiger partial charge in [-0.15, -0.1) is 0 Å². The van der Waals surface area contributed by atoms with Gasteiger partial charge in [0, 0.05) is 10.7 Å². The van der Waals surface area contributed by atoms with Gasteiger partial charge in [0.1, 0.15) is 12.6 Å². The Labute approximate surface area is 175 Å². The zero-order valence-electron chi connectivity index (χ0n) is 17.7. The third-order valence-electron chi connectivity index (χ3n) is 6.63. The van der Waals surface area contributed by atoms with Gasteiger partial charge in [0.2, 0.25) is 0 Å². The van der Waals surface area contributed by atoms with E-state index in [1.807, 2.05) is 18.2 Å². The van der Waals surface area contributed by atoms with Crippen molar-refractivity contribution in [1.82, 2.24) is 0 Å². The molecule has 1 aliphatic carbocycles. The summed E-state index contributed by atoms with van der Waals surface area (Å²) in [6.45, 7) is 12.3. The van der Waals surface area contributed by atoms with Crippen molar-refractivity contribution < 1.29 is 14.7 Å². The Morgan fingerprint density at radius 1 is 1.25 bits per heavy atom. The van der Waals surface area contributed by atoms with Crippen LogP contribution in [-0.4, -0.2) is 56.6 Å². The molecule has 2 fully saturated rings. The molecule has 5 heteroatoms. The highest BCUT2D eigenvalue weighted by atomic mass is 35.5. The second-order valence-corrected chi connectivity index (χ2v) is 9.71. The van der Waals surface area contributed by atoms with Crippen LogP contribution in [-0.2, 0) is 4.74 Å². The Morgan fingerprint density at radius 3 is 2.68 bits per heavy atom. The number of quaternary nitrogens is 1. The molecule has 1 aromatic rings. The predicted molar refractivity (Wildman–Crippen MR) is 116 cm³/mol. The molecule has 1 saturated carbocycles. The minimum atomic E-state index is -0.377. The molecule has 1 heterocycles. The van der Waals surface area contributed by atoms with Gasteiger partial charge in [-0.1, -0.05) is 44.9 Å². The maximum absolute atomic E-state index is 10.6. The van der Waals surface area contributed by atoms with Crippen LogP contribution in [0.3, 0.4) is 0 Å². The summed E-state index contributed by atoms with van der Waals surface area (Å²) in [7, 11) is 0. The number of nitrogens with zero attached hydrogens (tertiary/aromatic N) is 1. The van der Waals surface area contributed by atoms with Crippen molar-refractivity contribution in [1.29, 1.82) is 0 Å². The van der Waals surface area contributed by atoms with E-state index in [4.69, 9.17) is 16.3 Å². The van der Waals surface area contributed by atoms with E-state index >= 15 is 0 Å². The zero-order chi connectivity index (χ0) is 20.1. The Hall–Kier alpha value is -0.810. The Kier molecular flexibility index (Phi) is 8.04. The molecule has 2 N–H and O–H groups in total. The molecule has 0 spiro atoms. The predicted octanol–water partition coefficient (Wildman–Crippen LogP) is 2.88. The number of ether oxygens (including phenoxy) is 1. The first-order chi connectivity index (χ1) is 13.4. The van der Waals surface area contributed by atoms with Crippen LogP contribution in [0.1, 0.15) is 40.0 Å². The first-order valence-corrected chi connectivity index (χ1v) is 11.4. The summed E-state index contributed by atoms with van der Waals surface area (Å²) >= 11 is 6.12. The number of rotatable bonds is 7. The monoisotopic (exact) mass is 409 g/mol. The molecule has 0 bridgehead atoms. The van der Waals surface area contributed by atoms with Crippen molar-refractivity contribution >= 4 is 17.3 Å². The Balaban J connectivity index is 1.41. The van der Waals surface area contributed by atoms with Crippen molar-refractivity contribution in [3.05, 3.63) is 29.3 Å². The van der Waals surface area contributed by atoms with Crippen LogP contribution in [0.4, 0.5) is 5.69 Å². The fraction of sp³-hybridized carbons (Fsp3) is 0.739. The summed E-state index contributed by atoms with van der Waals surface area (Å²) in [5.74, 6) is 2.03. The lowest BCUT2D eigenvalue weighted by atomic mass is 9.75. The fourth-order valence-corrected chi connectivity index (χ4v) is 5.08. The van der Waals surface area contributed by atoms with E-state index in [-0.39, 0.29) is 6.10 Å². The normalized spacial score (nSPS) is 27.9. The number of benzene rings is 1. The summed E-state index contributed by atoms with van der Waals surface area (Å²) in [6, 6.07) is 8.08. The van der Waals surface area contributed by atoms with E-state index in [0.29, 0.717) is 24.5 Å². The molecule has 0 unspecified atom stereocenters. The van der Waals surface area contributed by atoms with E-state index in [9.17, 15) is 5.11 Å². The van der Waals surface area contributed by atoms with Gasteiger partial charge in [-0.2, -0.15) is 0 Å². The molecule has 2 aliphatic rings. The van der Waals surface area contributed by atoms with Crippen molar-refractivity contribution in [3.8, 4) is 0 Å². The maximum Gasteiger partial charge on any atom is 0.126 e. The average Bonchev–Trinajstić information content (AvgIpc) is 2.67. The number of aliphatic hydroxyl groups excluding tert-OH is 1. The number of halogens is 1. The number of aliphatic hydroxyl groups is 1. The zero-order valence-corrected chi connectivity index (χ0v) is 18.5. The number of hydrogen-bond donors (Lipinski definition) is 2. The molecule has 4 atom stereocenters. The summed E-state index contributed by atoms with van der Waals surface area (Å²) in [5.41, 5.74) is 1.20. The highest BCUT2D eigenvalue weighted by molar-refractivity contribution is 6.30. The van der Waals surface area contributed by atoms with E-state index < -0.39 is 0 Å². The summed E-state index contributed by atoms with van der Waals surface area (Å²) in [5, 5.41) is 11.4. The van der Waals surface area contributed by atoms with Crippen molar-refractivity contribution in [2.75, 3.05) is 44.2 Å². The molecule has 1 aliphatic heterocycles. The molecule has 4 nitrogen and oxygen atoms in total. The molecular formula is C23H38ClN2O2+. The Bertz CT molecular complexity index is 604. The number of anilines is 1. The fourth-order valence-electron chi connectivity index (χ4n) is 4.89. The molecule has 1 saturated heterocycles. The molecule has 28 heavy (non-hydrogen) atoms. The van der Waals surface area contributed by atoms with Gasteiger partial charge in [0.05, 0.1) is 38.9 Å². The lowest BCUT2D eigenvalue weighted by molar-refractivity contribution is -0.903. The summed E-state index contributed by atoms with van der Waals surface area (Å²) in [6.07, 6.45) is 3.65. The van der Waals surface area contributed by atoms with E-state index in [1.165, 1.54) is 23.4 Å². The number of nitrogens with one attached hydrogen (secondary N) is 1. The first kappa shape index (κ1) is 21.9. The lowest BCUT2D eigenvalue weighted by Crippen LogP contribution is -3.16. The highest BCUT2D eigenvalue weighted by Crippen LogP contribution is 2.35. The molecule has 0 amide bonds. The molecule has 0 aromatic heterocycles. The molecular weight excluding hydrogens is 372 g/mol. The molecule has 1 aromatic carbocycles. The highest BCUT2D eigenvalue weighted by Gasteiger charge is 2.32. The van der Waals surface area contributed by atoms with Gasteiger partial charge in [-0.25, -0.2) is 0 Å². The SMILES string of the molecule is CC(C)[C@H]1CC[C@H](C)C[C@H]1OC[C@H](O)C[NH+]1CCN(c2cccc(Cl)c2)CC1. The standard InChI is InChI=1S/C23H37ClN2O2/c1-17(2)22-8-7-18(3)13-23(22)28-16-21(27)15-25-9-11-26(12-10-25)20-6-4-5-19(24)14-20/h4-6,14,17-18,21-23,27H,7-13,15-16H2,1-3H3/p+1/t18-,21+,22+,23+/m0/s1. The van der Waals surface area contributed by atoms with Crippen molar-refractivity contribution in [3.63, 3.8) is 0 Å². The Morgan fingerprint density at radius 2 is 2.00 bits per heavy atom. The summed E-state index contributed by atoms with van der Waals surface area (Å²) < 4.78 is 6.25. The van der Waals surface area contributed by atoms with E-state index in [2.05, 4.69) is 31.7 Å². The van der Waals surface area contributed by atoms with Crippen LogP contribution in [0.5, 0.6) is 0 Å². The van der Waals surface area contributed by atoms with Crippen LogP contribution in [0.15, 0.2) is 24.3 Å². The van der Waals surface area contributed by atoms with Gasteiger partial charge in [-0.3, -0.25) is 0 Å². The van der Waals surface area contributed by atoms with E-state index in [0.717, 1.165) is 50.1 Å². The average molecular weight is 410 g/mol. The lowest BCUT2D eigenvalue weighted by Gasteiger charge is -2.38. The quantitative estimate of drug-likeness (QED) is 0.727. The number of piperazine rings is 1. The molecule has 0 radical (unpaired) electrons. The number of hydrogen-bond acceptors (Lipinski definition) is 3. The smallest absolute Gasteiger partial charge is 0.126 e. The van der Waals surface area contributed by atoms with Crippen LogP contribution >= 0.6 is 11.6 Å². The largest absolute Gasteiger partial charge is 0.385 e. The molecule has 3 rings (SSSR count). The van der Waals surface area contributed by atoms with Gasteiger partial charge in [0.15, 0.2) is 0 Å². The van der Waals surface area contributed by atoms with E-state index in [1.54, 1.807) is 0 Å².